The van der Waals surface area contributed by atoms with Crippen molar-refractivity contribution < 1.29 is 14.0 Å². The Hall–Kier alpha value is -3.68. The molecule has 1 unspecified atom stereocenters. The first-order valence-corrected chi connectivity index (χ1v) is 12.5. The predicted molar refractivity (Wildman–Crippen MR) is 135 cm³/mol. The molecule has 0 aliphatic carbocycles. The summed E-state index contributed by atoms with van der Waals surface area (Å²) < 4.78 is 16.2. The highest BCUT2D eigenvalue weighted by Crippen LogP contribution is 2.32. The van der Waals surface area contributed by atoms with E-state index in [1.54, 1.807) is 29.1 Å². The molecule has 2 aliphatic heterocycles. The fourth-order valence-corrected chi connectivity index (χ4v) is 5.30. The van der Waals surface area contributed by atoms with Crippen molar-refractivity contribution in [1.29, 1.82) is 0 Å². The molecule has 3 amide bonds. The van der Waals surface area contributed by atoms with Crippen LogP contribution in [0.5, 0.6) is 0 Å². The summed E-state index contributed by atoms with van der Waals surface area (Å²) in [5.74, 6) is -0.331. The minimum Gasteiger partial charge on any atom is -0.337 e. The highest BCUT2D eigenvalue weighted by Gasteiger charge is 2.34. The molecule has 0 saturated carbocycles. The number of fused-ring (bicyclic) bond motifs is 1. The quantitative estimate of drug-likeness (QED) is 0.593. The molecule has 0 bridgehead atoms. The first kappa shape index (κ1) is 24.0. The monoisotopic (exact) mass is 489 g/mol. The summed E-state index contributed by atoms with van der Waals surface area (Å²) in [7, 11) is 0. The normalized spacial score (nSPS) is 19.4. The molecule has 36 heavy (non-hydrogen) atoms. The molecule has 3 heterocycles. The van der Waals surface area contributed by atoms with E-state index >= 15 is 0 Å². The second-order valence-corrected chi connectivity index (χ2v) is 10.6. The number of likely N-dealkylation sites (tertiary alicyclic amines) is 1. The van der Waals surface area contributed by atoms with Gasteiger partial charge in [-0.3, -0.25) is 4.79 Å². The Morgan fingerprint density at radius 3 is 2.58 bits per heavy atom. The number of urea groups is 1. The average molecular weight is 490 g/mol. The second-order valence-electron chi connectivity index (χ2n) is 10.6. The van der Waals surface area contributed by atoms with Crippen molar-refractivity contribution in [2.75, 3.05) is 19.6 Å². The van der Waals surface area contributed by atoms with E-state index in [0.717, 1.165) is 24.1 Å². The van der Waals surface area contributed by atoms with E-state index in [0.29, 0.717) is 43.9 Å². The number of hydrogen-bond donors (Lipinski definition) is 1. The van der Waals surface area contributed by atoms with Gasteiger partial charge >= 0.3 is 6.03 Å². The van der Waals surface area contributed by atoms with Gasteiger partial charge in [-0.05, 0) is 48.9 Å². The van der Waals surface area contributed by atoms with Crippen molar-refractivity contribution >= 4 is 11.9 Å². The van der Waals surface area contributed by atoms with Crippen LogP contribution in [0.4, 0.5) is 9.18 Å². The fourth-order valence-electron chi connectivity index (χ4n) is 5.30. The number of carbonyl (C=O) groups excluding carboxylic acids is 2. The lowest BCUT2D eigenvalue weighted by Gasteiger charge is -2.35. The number of aromatic nitrogens is 2. The molecule has 1 atom stereocenters. The lowest BCUT2D eigenvalue weighted by Crippen LogP contribution is -2.53. The topological polar surface area (TPSA) is 70.5 Å². The molecule has 3 aromatic rings. The van der Waals surface area contributed by atoms with E-state index in [4.69, 9.17) is 0 Å². The number of hydrogen-bond acceptors (Lipinski definition) is 3. The number of halogens is 1. The molecule has 0 spiro atoms. The Kier molecular flexibility index (Phi) is 6.51. The lowest BCUT2D eigenvalue weighted by atomic mass is 9.87. The minimum atomic E-state index is -0.327. The first-order valence-electron chi connectivity index (χ1n) is 12.5. The third-order valence-electron chi connectivity index (χ3n) is 7.01. The standard InChI is InChI=1S/C28H32FN5O2/c1-28(2)15-25-21(16-30-34(25)24-13-7-6-12-23(24)29)17-33(19-28)27(36)31-22-11-8-14-32(18-22)26(35)20-9-4-3-5-10-20/h3-7,9-10,12-13,16,22H,8,11,14-15,17-19H2,1-2H3,(H,31,36). The van der Waals surface area contributed by atoms with E-state index in [1.807, 2.05) is 40.1 Å². The summed E-state index contributed by atoms with van der Waals surface area (Å²) in [4.78, 5) is 30.0. The molecule has 2 aliphatic rings. The van der Waals surface area contributed by atoms with Crippen LogP contribution < -0.4 is 5.32 Å². The molecule has 8 heteroatoms. The maximum atomic E-state index is 14.5. The summed E-state index contributed by atoms with van der Waals surface area (Å²) in [6.45, 7) is 6.37. The van der Waals surface area contributed by atoms with Gasteiger partial charge in [-0.1, -0.05) is 44.2 Å². The van der Waals surface area contributed by atoms with Crippen molar-refractivity contribution in [2.45, 2.75) is 45.7 Å². The highest BCUT2D eigenvalue weighted by atomic mass is 19.1. The van der Waals surface area contributed by atoms with Gasteiger partial charge in [-0.2, -0.15) is 5.10 Å². The molecular weight excluding hydrogens is 457 g/mol. The van der Waals surface area contributed by atoms with E-state index < -0.39 is 0 Å². The smallest absolute Gasteiger partial charge is 0.317 e. The number of piperidine rings is 1. The molecular formula is C28H32FN5O2. The van der Waals surface area contributed by atoms with E-state index in [2.05, 4.69) is 24.3 Å². The summed E-state index contributed by atoms with van der Waals surface area (Å²) in [6, 6.07) is 15.6. The van der Waals surface area contributed by atoms with Crippen molar-refractivity contribution in [3.05, 3.63) is 83.4 Å². The summed E-state index contributed by atoms with van der Waals surface area (Å²) in [5.41, 5.74) is 2.70. The third kappa shape index (κ3) is 4.98. The number of nitrogens with one attached hydrogen (secondary N) is 1. The lowest BCUT2D eigenvalue weighted by molar-refractivity contribution is 0.0692. The molecule has 188 valence electrons. The Labute approximate surface area is 210 Å². The maximum absolute atomic E-state index is 14.5. The number of nitrogens with zero attached hydrogens (tertiary/aromatic N) is 4. The zero-order valence-corrected chi connectivity index (χ0v) is 20.8. The van der Waals surface area contributed by atoms with Crippen molar-refractivity contribution in [2.24, 2.45) is 5.41 Å². The number of para-hydroxylation sites is 1. The molecule has 1 aromatic heterocycles. The molecule has 0 radical (unpaired) electrons. The van der Waals surface area contributed by atoms with Crippen molar-refractivity contribution in [1.82, 2.24) is 24.9 Å². The Bertz CT molecular complexity index is 1260. The molecule has 7 nitrogen and oxygen atoms in total. The van der Waals surface area contributed by atoms with E-state index in [9.17, 15) is 14.0 Å². The predicted octanol–water partition coefficient (Wildman–Crippen LogP) is 4.41. The highest BCUT2D eigenvalue weighted by molar-refractivity contribution is 5.94. The molecule has 1 saturated heterocycles. The summed E-state index contributed by atoms with van der Waals surface area (Å²) in [5, 5.41) is 7.65. The summed E-state index contributed by atoms with van der Waals surface area (Å²) in [6.07, 6.45) is 4.08. The Balaban J connectivity index is 1.30. The number of amides is 3. The van der Waals surface area contributed by atoms with Crippen LogP contribution in [-0.2, 0) is 13.0 Å². The third-order valence-corrected chi connectivity index (χ3v) is 7.01. The molecule has 1 N–H and O–H groups in total. The number of benzene rings is 2. The Morgan fingerprint density at radius 1 is 1.06 bits per heavy atom. The first-order chi connectivity index (χ1) is 17.3. The fraction of sp³-hybridized carbons (Fsp3) is 0.393. The van der Waals surface area contributed by atoms with Gasteiger partial charge in [0.25, 0.3) is 5.91 Å². The van der Waals surface area contributed by atoms with Crippen LogP contribution in [-0.4, -0.2) is 57.2 Å². The van der Waals surface area contributed by atoms with Gasteiger partial charge in [-0.15, -0.1) is 0 Å². The molecule has 2 aromatic carbocycles. The van der Waals surface area contributed by atoms with Gasteiger partial charge in [-0.25, -0.2) is 13.9 Å². The molecule has 1 fully saturated rings. The average Bonchev–Trinajstić information content (AvgIpc) is 3.18. The van der Waals surface area contributed by atoms with Crippen LogP contribution in [0.1, 0.15) is 48.3 Å². The van der Waals surface area contributed by atoms with Crippen LogP contribution >= 0.6 is 0 Å². The zero-order chi connectivity index (χ0) is 25.3. The van der Waals surface area contributed by atoms with E-state index in [-0.39, 0.29) is 29.2 Å². The van der Waals surface area contributed by atoms with Crippen LogP contribution in [0.2, 0.25) is 0 Å². The summed E-state index contributed by atoms with van der Waals surface area (Å²) >= 11 is 0. The van der Waals surface area contributed by atoms with Crippen LogP contribution in [0.25, 0.3) is 5.69 Å². The van der Waals surface area contributed by atoms with Crippen LogP contribution in [0.3, 0.4) is 0 Å². The largest absolute Gasteiger partial charge is 0.337 e. The van der Waals surface area contributed by atoms with Crippen LogP contribution in [0, 0.1) is 11.2 Å². The van der Waals surface area contributed by atoms with Gasteiger partial charge in [0.2, 0.25) is 0 Å². The van der Waals surface area contributed by atoms with Gasteiger partial charge in [0.15, 0.2) is 0 Å². The zero-order valence-electron chi connectivity index (χ0n) is 20.8. The number of carbonyl (C=O) groups is 2. The number of rotatable bonds is 3. The Morgan fingerprint density at radius 2 is 1.81 bits per heavy atom. The molecule has 5 rings (SSSR count). The van der Waals surface area contributed by atoms with Gasteiger partial charge in [0.1, 0.15) is 11.5 Å². The second kappa shape index (κ2) is 9.76. The maximum Gasteiger partial charge on any atom is 0.317 e. The van der Waals surface area contributed by atoms with Gasteiger partial charge < -0.3 is 15.1 Å². The minimum absolute atomic E-state index is 0.00402. The van der Waals surface area contributed by atoms with Gasteiger partial charge in [0, 0.05) is 42.5 Å². The van der Waals surface area contributed by atoms with E-state index in [1.165, 1.54) is 6.07 Å². The van der Waals surface area contributed by atoms with Crippen molar-refractivity contribution in [3.63, 3.8) is 0 Å². The SMILES string of the molecule is CC1(C)Cc2c(cnn2-c2ccccc2F)CN(C(=O)NC2CCCN(C(=O)c3ccccc3)C2)C1. The van der Waals surface area contributed by atoms with Crippen molar-refractivity contribution in [3.8, 4) is 5.69 Å². The van der Waals surface area contributed by atoms with Gasteiger partial charge in [0.05, 0.1) is 12.7 Å². The van der Waals surface area contributed by atoms with Crippen LogP contribution in [0.15, 0.2) is 60.8 Å².